The molecule has 2 aromatic carbocycles. The van der Waals surface area contributed by atoms with E-state index in [1.165, 1.54) is 45.0 Å². The van der Waals surface area contributed by atoms with Crippen molar-refractivity contribution in [2.45, 2.75) is 111 Å². The second-order valence-corrected chi connectivity index (χ2v) is 23.3. The maximum absolute atomic E-state index is 15.5. The Morgan fingerprint density at radius 3 is 2.28 bits per heavy atom. The molecule has 3 aromatic heterocycles. The molecule has 0 aliphatic heterocycles. The molecule has 356 valence electrons. The second kappa shape index (κ2) is 16.1. The van der Waals surface area contributed by atoms with Crippen LogP contribution in [0, 0.1) is 29.4 Å². The minimum Gasteiger partial charge on any atom is -0.311 e. The number of nitrogens with zero attached hydrogens (tertiary/aromatic N) is 5. The van der Waals surface area contributed by atoms with Gasteiger partial charge in [-0.05, 0) is 107 Å². The molecule has 24 heteroatoms. The molecule has 0 radical (unpaired) electrons. The van der Waals surface area contributed by atoms with Gasteiger partial charge in [-0.2, -0.15) is 13.9 Å². The zero-order chi connectivity index (χ0) is 48.3. The molecule has 5 aromatic rings. The number of hydrogen-bond acceptors (Lipinski definition) is 9. The van der Waals surface area contributed by atoms with Crippen molar-refractivity contribution in [3.05, 3.63) is 93.0 Å². The molecule has 0 saturated heterocycles. The second-order valence-electron chi connectivity index (χ2n) is 17.9. The van der Waals surface area contributed by atoms with E-state index in [4.69, 9.17) is 16.4 Å². The van der Waals surface area contributed by atoms with Gasteiger partial charge in [-0.3, -0.25) is 14.2 Å². The van der Waals surface area contributed by atoms with Crippen LogP contribution in [0.1, 0.15) is 105 Å². The van der Waals surface area contributed by atoms with E-state index in [1.807, 2.05) is 0 Å². The maximum atomic E-state index is 15.5. The standard InChI is InChI=1S/C43H38ClF8N7O6S2/c1-41(2,66(61,62)24-5-6-24)11-10-23-4-7-25(26-8-9-29(44)33-36(26)58(19-31(47)48)56-39(33)57-67(63,64)42(3)12-13-42)34(53-23)30(16-20-14-21(45)17-22(46)15-20)54-40(60)65-59-37-32(35(55-59)38(49)50)27-18-28(27)43(37,51)52/h4,7-9,14-15,17,24,27-28,30-31,38H,5-6,12-13,16,18-19H2,1-3H3,(H,54,60)(H,56,57)/t27-,28+,30-/m0/s1. The molecule has 67 heavy (non-hydrogen) atoms. The van der Waals surface area contributed by atoms with Gasteiger partial charge in [-0.1, -0.05) is 28.4 Å². The Morgan fingerprint density at radius 1 is 0.985 bits per heavy atom. The van der Waals surface area contributed by atoms with Crippen LogP contribution in [0.25, 0.3) is 22.0 Å². The van der Waals surface area contributed by atoms with E-state index >= 15 is 8.78 Å². The van der Waals surface area contributed by atoms with Crippen LogP contribution < -0.4 is 14.9 Å². The number of aromatic nitrogens is 5. The highest BCUT2D eigenvalue weighted by molar-refractivity contribution is 7.94. The van der Waals surface area contributed by atoms with Gasteiger partial charge in [0.25, 0.3) is 18.8 Å². The molecular formula is C43H38ClF8N7O6S2. The summed E-state index contributed by atoms with van der Waals surface area (Å²) in [6.07, 6.45) is -7.18. The average molecular weight is 1000 g/mol. The smallest absolute Gasteiger partial charge is 0.311 e. The molecule has 3 saturated carbocycles. The van der Waals surface area contributed by atoms with E-state index in [0.717, 1.165) is 16.8 Å². The molecule has 3 heterocycles. The number of rotatable bonds is 14. The molecule has 2 N–H and O–H groups in total. The molecule has 13 nitrogen and oxygen atoms in total. The summed E-state index contributed by atoms with van der Waals surface area (Å²) in [6.45, 7) is 3.17. The lowest BCUT2D eigenvalue weighted by atomic mass is 9.94. The van der Waals surface area contributed by atoms with Crippen molar-refractivity contribution in [2.24, 2.45) is 5.92 Å². The van der Waals surface area contributed by atoms with Gasteiger partial charge in [0.15, 0.2) is 21.3 Å². The van der Waals surface area contributed by atoms with Gasteiger partial charge in [0.1, 0.15) is 34.3 Å². The topological polar surface area (TPSA) is 167 Å². The van der Waals surface area contributed by atoms with Crippen molar-refractivity contribution in [1.29, 1.82) is 0 Å². The summed E-state index contributed by atoms with van der Waals surface area (Å²) >= 11 is 6.67. The van der Waals surface area contributed by atoms with Crippen LogP contribution in [-0.2, 0) is 38.7 Å². The summed E-state index contributed by atoms with van der Waals surface area (Å²) in [5, 5.41) is 9.24. The van der Waals surface area contributed by atoms with E-state index < -0.39 is 125 Å². The van der Waals surface area contributed by atoms with Gasteiger partial charge in [-0.15, -0.1) is 5.10 Å². The quantitative estimate of drug-likeness (QED) is 0.0817. The number of hydrogen-bond donors (Lipinski definition) is 2. The molecule has 1 amide bonds. The first-order valence-corrected chi connectivity index (χ1v) is 24.2. The lowest BCUT2D eigenvalue weighted by Crippen LogP contribution is -2.38. The third-order valence-corrected chi connectivity index (χ3v) is 17.9. The molecule has 9 rings (SSSR count). The van der Waals surface area contributed by atoms with Crippen LogP contribution in [0.15, 0.2) is 42.5 Å². The highest BCUT2D eigenvalue weighted by Gasteiger charge is 2.68. The number of alkyl halides is 6. The number of carbonyl (C=O) groups excluding carboxylic acids is 1. The van der Waals surface area contributed by atoms with Gasteiger partial charge in [0.05, 0.1) is 37.7 Å². The summed E-state index contributed by atoms with van der Waals surface area (Å²) in [6, 6.07) is 6.01. The predicted octanol–water partition coefficient (Wildman–Crippen LogP) is 8.76. The van der Waals surface area contributed by atoms with Crippen molar-refractivity contribution >= 4 is 54.3 Å². The molecule has 3 fully saturated rings. The first-order valence-electron chi connectivity index (χ1n) is 20.8. The van der Waals surface area contributed by atoms with Crippen LogP contribution in [0.2, 0.25) is 5.02 Å². The Labute approximate surface area is 382 Å². The van der Waals surface area contributed by atoms with Crippen molar-refractivity contribution in [2.75, 3.05) is 4.72 Å². The SMILES string of the molecule is CC1(S(=O)(=O)Nc2nn(CC(F)F)c3c(-c4ccc(C#CC(C)(C)S(=O)(=O)C5CC5)nc4[C@H](Cc4cc(F)cc(F)c4)NC(=O)On4nc(C(F)F)c5c4C(F)(F)[C@@H]4C[C@H]54)ccc(Cl)c23)CC1. The number of nitrogens with one attached hydrogen (secondary N) is 2. The highest BCUT2D eigenvalue weighted by atomic mass is 35.5. The van der Waals surface area contributed by atoms with Crippen LogP contribution in [0.4, 0.5) is 45.7 Å². The summed E-state index contributed by atoms with van der Waals surface area (Å²) in [7, 11) is -7.93. The summed E-state index contributed by atoms with van der Waals surface area (Å²) < 4.78 is 171. The van der Waals surface area contributed by atoms with E-state index in [0.29, 0.717) is 31.7 Å². The van der Waals surface area contributed by atoms with E-state index in [2.05, 4.69) is 37.1 Å². The predicted molar refractivity (Wildman–Crippen MR) is 227 cm³/mol. The van der Waals surface area contributed by atoms with Gasteiger partial charge < -0.3 is 5.32 Å². The Morgan fingerprint density at radius 2 is 1.66 bits per heavy atom. The number of halogens is 9. The van der Waals surface area contributed by atoms with Crippen LogP contribution in [0.3, 0.4) is 0 Å². The number of fused-ring (bicyclic) bond motifs is 4. The molecule has 0 unspecified atom stereocenters. The lowest BCUT2D eigenvalue weighted by Gasteiger charge is -2.23. The average Bonchev–Trinajstić information content (AvgIpc) is 4.16. The Bertz CT molecular complexity index is 3160. The van der Waals surface area contributed by atoms with Gasteiger partial charge >= 0.3 is 6.09 Å². The normalized spacial score (nSPS) is 19.7. The molecule has 4 aliphatic rings. The van der Waals surface area contributed by atoms with Crippen LogP contribution in [0.5, 0.6) is 0 Å². The molecule has 0 bridgehead atoms. The van der Waals surface area contributed by atoms with Gasteiger partial charge in [0, 0.05) is 28.7 Å². The first-order chi connectivity index (χ1) is 31.3. The highest BCUT2D eigenvalue weighted by Crippen LogP contribution is 2.68. The monoisotopic (exact) mass is 999 g/mol. The van der Waals surface area contributed by atoms with E-state index in [9.17, 15) is 48.0 Å². The Hall–Kier alpha value is -5.47. The van der Waals surface area contributed by atoms with Crippen molar-refractivity contribution < 1.29 is 61.6 Å². The zero-order valence-electron chi connectivity index (χ0n) is 35.4. The number of amides is 1. The number of pyridine rings is 1. The summed E-state index contributed by atoms with van der Waals surface area (Å²) in [4.78, 5) is 23.8. The summed E-state index contributed by atoms with van der Waals surface area (Å²) in [5.41, 5.74) is -3.32. The van der Waals surface area contributed by atoms with Crippen LogP contribution >= 0.6 is 11.6 Å². The Balaban J connectivity index is 1.22. The van der Waals surface area contributed by atoms with Crippen molar-refractivity contribution in [1.82, 2.24) is 30.0 Å². The Kier molecular flexibility index (Phi) is 11.2. The fourth-order valence-corrected chi connectivity index (χ4v) is 11.8. The first kappa shape index (κ1) is 46.6. The molecule has 4 aliphatic carbocycles. The third-order valence-electron chi connectivity index (χ3n) is 12.6. The molecular weight excluding hydrogens is 962 g/mol. The number of sulfone groups is 1. The fourth-order valence-electron chi connectivity index (χ4n) is 8.49. The molecule has 0 spiro atoms. The van der Waals surface area contributed by atoms with E-state index in [1.54, 1.807) is 0 Å². The fraction of sp³-hybridized carbons (Fsp3) is 0.442. The number of carbonyl (C=O) groups is 1. The van der Waals surface area contributed by atoms with E-state index in [-0.39, 0.29) is 55.3 Å². The number of benzene rings is 2. The maximum Gasteiger partial charge on any atom is 0.433 e. The van der Waals surface area contributed by atoms with Crippen molar-refractivity contribution in [3.63, 3.8) is 0 Å². The zero-order valence-corrected chi connectivity index (χ0v) is 37.7. The van der Waals surface area contributed by atoms with Gasteiger partial charge in [-0.25, -0.2) is 53.0 Å². The molecule has 3 atom stereocenters. The van der Waals surface area contributed by atoms with Gasteiger partial charge in [0.2, 0.25) is 10.0 Å². The third kappa shape index (κ3) is 8.36. The minimum atomic E-state index is -4.16. The minimum absolute atomic E-state index is 0.00609. The number of anilines is 1. The number of sulfonamides is 1. The summed E-state index contributed by atoms with van der Waals surface area (Å²) in [5.74, 6) is -3.05. The van der Waals surface area contributed by atoms with Crippen molar-refractivity contribution in [3.8, 4) is 23.0 Å². The van der Waals surface area contributed by atoms with Crippen LogP contribution in [-0.4, -0.2) is 68.8 Å². The lowest BCUT2D eigenvalue weighted by molar-refractivity contribution is -0.0444. The largest absolute Gasteiger partial charge is 0.433 e.